The third-order valence-corrected chi connectivity index (χ3v) is 3.83. The van der Waals surface area contributed by atoms with Crippen LogP contribution in [0.5, 0.6) is 0 Å². The number of ketones is 1. The van der Waals surface area contributed by atoms with E-state index >= 15 is 0 Å². The van der Waals surface area contributed by atoms with Gasteiger partial charge in [-0.1, -0.05) is 15.9 Å². The SMILES string of the molecule is C[C@@H](OC(=O)CNC(=O)c1ccc(Br)cc1)C(=O)c1ccc(F)cc1. The lowest BCUT2D eigenvalue weighted by atomic mass is 10.1. The zero-order chi connectivity index (χ0) is 18.4. The van der Waals surface area contributed by atoms with Crippen molar-refractivity contribution in [1.82, 2.24) is 5.32 Å². The number of hydrogen-bond acceptors (Lipinski definition) is 4. The summed E-state index contributed by atoms with van der Waals surface area (Å²) in [4.78, 5) is 35.8. The molecule has 0 fully saturated rings. The molecule has 0 saturated heterocycles. The van der Waals surface area contributed by atoms with E-state index in [1.165, 1.54) is 19.1 Å². The van der Waals surface area contributed by atoms with E-state index in [0.717, 1.165) is 16.6 Å². The van der Waals surface area contributed by atoms with Gasteiger partial charge >= 0.3 is 5.97 Å². The molecule has 0 saturated carbocycles. The fourth-order valence-electron chi connectivity index (χ4n) is 2.00. The normalized spacial score (nSPS) is 11.5. The second-order valence-corrected chi connectivity index (χ2v) is 6.11. The van der Waals surface area contributed by atoms with Gasteiger partial charge in [0.1, 0.15) is 12.4 Å². The summed E-state index contributed by atoms with van der Waals surface area (Å²) in [6, 6.07) is 11.6. The highest BCUT2D eigenvalue weighted by Gasteiger charge is 2.20. The van der Waals surface area contributed by atoms with Gasteiger partial charge in [0.25, 0.3) is 5.91 Å². The quantitative estimate of drug-likeness (QED) is 0.589. The van der Waals surface area contributed by atoms with Crippen molar-refractivity contribution in [2.75, 3.05) is 6.54 Å². The molecule has 0 unspecified atom stereocenters. The zero-order valence-corrected chi connectivity index (χ0v) is 14.9. The Labute approximate surface area is 152 Å². The minimum atomic E-state index is -1.04. The molecule has 7 heteroatoms. The minimum absolute atomic E-state index is 0.237. The fraction of sp³-hybridized carbons (Fsp3) is 0.167. The molecule has 130 valence electrons. The molecule has 5 nitrogen and oxygen atoms in total. The molecule has 0 aliphatic rings. The Morgan fingerprint density at radius 1 is 1.04 bits per heavy atom. The average molecular weight is 408 g/mol. The molecule has 25 heavy (non-hydrogen) atoms. The summed E-state index contributed by atoms with van der Waals surface area (Å²) >= 11 is 3.26. The van der Waals surface area contributed by atoms with Crippen LogP contribution in [0, 0.1) is 5.82 Å². The Bertz CT molecular complexity index is 775. The number of rotatable bonds is 6. The van der Waals surface area contributed by atoms with Gasteiger partial charge in [0, 0.05) is 15.6 Å². The summed E-state index contributed by atoms with van der Waals surface area (Å²) in [5, 5.41) is 2.42. The van der Waals surface area contributed by atoms with Crippen LogP contribution < -0.4 is 5.32 Å². The smallest absolute Gasteiger partial charge is 0.326 e. The lowest BCUT2D eigenvalue weighted by Crippen LogP contribution is -2.34. The highest BCUT2D eigenvalue weighted by atomic mass is 79.9. The maximum absolute atomic E-state index is 12.9. The number of halogens is 2. The molecule has 0 aromatic heterocycles. The number of esters is 1. The maximum atomic E-state index is 12.9. The van der Waals surface area contributed by atoms with Crippen LogP contribution in [-0.2, 0) is 9.53 Å². The first kappa shape index (κ1) is 18.8. The summed E-state index contributed by atoms with van der Waals surface area (Å²) in [6.07, 6.45) is -1.04. The Hall–Kier alpha value is -2.54. The van der Waals surface area contributed by atoms with Gasteiger partial charge in [-0.25, -0.2) is 4.39 Å². The molecule has 0 bridgehead atoms. The molecule has 2 rings (SSSR count). The summed E-state index contributed by atoms with van der Waals surface area (Å²) in [7, 11) is 0. The third-order valence-electron chi connectivity index (χ3n) is 3.31. The zero-order valence-electron chi connectivity index (χ0n) is 13.3. The molecule has 0 radical (unpaired) electrons. The predicted octanol–water partition coefficient (Wildman–Crippen LogP) is 3.13. The monoisotopic (exact) mass is 407 g/mol. The van der Waals surface area contributed by atoms with E-state index in [0.29, 0.717) is 5.56 Å². The lowest BCUT2D eigenvalue weighted by Gasteiger charge is -2.13. The number of amides is 1. The number of Topliss-reactive ketones (excluding diaryl/α,β-unsaturated/α-hetero) is 1. The Morgan fingerprint density at radius 3 is 2.20 bits per heavy atom. The van der Waals surface area contributed by atoms with E-state index < -0.39 is 29.6 Å². The van der Waals surface area contributed by atoms with Crippen molar-refractivity contribution < 1.29 is 23.5 Å². The Balaban J connectivity index is 1.84. The van der Waals surface area contributed by atoms with Crippen LogP contribution in [0.4, 0.5) is 4.39 Å². The van der Waals surface area contributed by atoms with Crippen LogP contribution in [0.3, 0.4) is 0 Å². The fourth-order valence-corrected chi connectivity index (χ4v) is 2.26. The van der Waals surface area contributed by atoms with Crippen molar-refractivity contribution in [3.63, 3.8) is 0 Å². The van der Waals surface area contributed by atoms with Crippen LogP contribution in [0.1, 0.15) is 27.6 Å². The molecule has 2 aromatic carbocycles. The van der Waals surface area contributed by atoms with E-state index in [4.69, 9.17) is 4.74 Å². The number of carbonyl (C=O) groups is 3. The first-order valence-electron chi connectivity index (χ1n) is 7.40. The molecule has 0 heterocycles. The van der Waals surface area contributed by atoms with Gasteiger partial charge in [0.2, 0.25) is 5.78 Å². The number of hydrogen-bond donors (Lipinski definition) is 1. The summed E-state index contributed by atoms with van der Waals surface area (Å²) in [5.74, 6) is -2.08. The van der Waals surface area contributed by atoms with Gasteiger partial charge in [-0.3, -0.25) is 14.4 Å². The molecular weight excluding hydrogens is 393 g/mol. The standard InChI is InChI=1S/C18H15BrFNO4/c1-11(17(23)12-4-8-15(20)9-5-12)25-16(22)10-21-18(24)13-2-6-14(19)7-3-13/h2-9,11H,10H2,1H3,(H,21,24)/t11-/m1/s1. The topological polar surface area (TPSA) is 72.5 Å². The van der Waals surface area contributed by atoms with Gasteiger partial charge in [-0.2, -0.15) is 0 Å². The van der Waals surface area contributed by atoms with Crippen molar-refractivity contribution >= 4 is 33.6 Å². The molecule has 0 spiro atoms. The molecule has 1 amide bonds. The first-order valence-corrected chi connectivity index (χ1v) is 8.19. The molecule has 1 N–H and O–H groups in total. The molecule has 0 aliphatic carbocycles. The van der Waals surface area contributed by atoms with Crippen LogP contribution in [0.15, 0.2) is 53.0 Å². The van der Waals surface area contributed by atoms with Gasteiger partial charge < -0.3 is 10.1 Å². The first-order chi connectivity index (χ1) is 11.9. The summed E-state index contributed by atoms with van der Waals surface area (Å²) in [6.45, 7) is 1.05. The van der Waals surface area contributed by atoms with Gasteiger partial charge in [0.15, 0.2) is 6.10 Å². The van der Waals surface area contributed by atoms with Crippen LogP contribution >= 0.6 is 15.9 Å². The van der Waals surface area contributed by atoms with Crippen molar-refractivity contribution in [3.05, 3.63) is 69.9 Å². The maximum Gasteiger partial charge on any atom is 0.326 e. The number of ether oxygens (including phenoxy) is 1. The van der Waals surface area contributed by atoms with E-state index in [1.54, 1.807) is 24.3 Å². The van der Waals surface area contributed by atoms with Crippen LogP contribution in [0.2, 0.25) is 0 Å². The van der Waals surface area contributed by atoms with E-state index in [-0.39, 0.29) is 12.1 Å². The summed E-state index contributed by atoms with van der Waals surface area (Å²) < 4.78 is 18.7. The Kier molecular flexibility index (Phi) is 6.41. The van der Waals surface area contributed by atoms with Crippen LogP contribution in [-0.4, -0.2) is 30.3 Å². The summed E-state index contributed by atoms with van der Waals surface area (Å²) in [5.41, 5.74) is 0.632. The third kappa shape index (κ3) is 5.49. The van der Waals surface area contributed by atoms with Crippen molar-refractivity contribution in [2.45, 2.75) is 13.0 Å². The predicted molar refractivity (Wildman–Crippen MR) is 92.8 cm³/mol. The average Bonchev–Trinajstić information content (AvgIpc) is 2.60. The highest BCUT2D eigenvalue weighted by Crippen LogP contribution is 2.10. The van der Waals surface area contributed by atoms with Crippen molar-refractivity contribution in [3.8, 4) is 0 Å². The molecule has 1 atom stereocenters. The minimum Gasteiger partial charge on any atom is -0.453 e. The number of carbonyl (C=O) groups excluding carboxylic acids is 3. The van der Waals surface area contributed by atoms with E-state index in [9.17, 15) is 18.8 Å². The molecule has 0 aliphatic heterocycles. The van der Waals surface area contributed by atoms with E-state index in [2.05, 4.69) is 21.2 Å². The van der Waals surface area contributed by atoms with Crippen molar-refractivity contribution in [2.24, 2.45) is 0 Å². The Morgan fingerprint density at radius 2 is 1.60 bits per heavy atom. The van der Waals surface area contributed by atoms with Gasteiger partial charge in [-0.15, -0.1) is 0 Å². The van der Waals surface area contributed by atoms with E-state index in [1.807, 2.05) is 0 Å². The largest absolute Gasteiger partial charge is 0.453 e. The lowest BCUT2D eigenvalue weighted by molar-refractivity contribution is -0.145. The van der Waals surface area contributed by atoms with Crippen LogP contribution in [0.25, 0.3) is 0 Å². The number of nitrogens with one attached hydrogen (secondary N) is 1. The molecular formula is C18H15BrFNO4. The molecule has 2 aromatic rings. The van der Waals surface area contributed by atoms with Gasteiger partial charge in [-0.05, 0) is 55.5 Å². The second kappa shape index (κ2) is 8.53. The van der Waals surface area contributed by atoms with Crippen molar-refractivity contribution in [1.29, 1.82) is 0 Å². The highest BCUT2D eigenvalue weighted by molar-refractivity contribution is 9.10. The second-order valence-electron chi connectivity index (χ2n) is 5.19. The number of benzene rings is 2. The van der Waals surface area contributed by atoms with Gasteiger partial charge in [0.05, 0.1) is 0 Å².